The molecule has 6 nitrogen and oxygen atoms in total. The van der Waals surface area contributed by atoms with Gasteiger partial charge in [0.1, 0.15) is 6.54 Å². The molecule has 2 rings (SSSR count). The van der Waals surface area contributed by atoms with Gasteiger partial charge in [-0.25, -0.2) is 4.99 Å². The van der Waals surface area contributed by atoms with Crippen molar-refractivity contribution in [3.63, 3.8) is 0 Å². The number of carbonyl (C=O) groups is 1. The molecule has 0 bridgehead atoms. The zero-order valence-corrected chi connectivity index (χ0v) is 15.9. The molecule has 0 saturated carbocycles. The van der Waals surface area contributed by atoms with Crippen LogP contribution < -0.4 is 5.32 Å². The van der Waals surface area contributed by atoms with Gasteiger partial charge in [0.05, 0.1) is 6.10 Å². The van der Waals surface area contributed by atoms with Gasteiger partial charge in [-0.15, -0.1) is 0 Å². The minimum atomic E-state index is -0.0347. The van der Waals surface area contributed by atoms with Crippen LogP contribution in [-0.4, -0.2) is 68.6 Å². The van der Waals surface area contributed by atoms with Crippen LogP contribution in [0.4, 0.5) is 0 Å². The Morgan fingerprint density at radius 3 is 2.84 bits per heavy atom. The van der Waals surface area contributed by atoms with Crippen molar-refractivity contribution in [2.24, 2.45) is 4.99 Å². The first-order valence-electron chi connectivity index (χ1n) is 8.51. The topological polar surface area (TPSA) is 57.2 Å². The highest BCUT2D eigenvalue weighted by molar-refractivity contribution is 6.30. The number of rotatable bonds is 6. The van der Waals surface area contributed by atoms with Crippen molar-refractivity contribution in [2.75, 3.05) is 40.8 Å². The number of nitrogens with one attached hydrogen (secondary N) is 1. The summed E-state index contributed by atoms with van der Waals surface area (Å²) in [5, 5.41) is 4.05. The van der Waals surface area contributed by atoms with E-state index in [0.717, 1.165) is 25.0 Å². The first kappa shape index (κ1) is 19.5. The van der Waals surface area contributed by atoms with Crippen LogP contribution in [0, 0.1) is 0 Å². The van der Waals surface area contributed by atoms with Crippen molar-refractivity contribution >= 4 is 23.5 Å². The van der Waals surface area contributed by atoms with Gasteiger partial charge < -0.3 is 19.9 Å². The van der Waals surface area contributed by atoms with E-state index in [9.17, 15) is 4.79 Å². The second-order valence-corrected chi connectivity index (χ2v) is 6.87. The predicted molar refractivity (Wildman–Crippen MR) is 101 cm³/mol. The van der Waals surface area contributed by atoms with Crippen molar-refractivity contribution in [3.05, 3.63) is 34.9 Å². The van der Waals surface area contributed by atoms with E-state index in [-0.39, 0.29) is 18.6 Å². The van der Waals surface area contributed by atoms with E-state index < -0.39 is 0 Å². The maximum Gasteiger partial charge on any atom is 0.243 e. The Hall–Kier alpha value is -1.79. The third-order valence-corrected chi connectivity index (χ3v) is 4.28. The Labute approximate surface area is 154 Å². The zero-order valence-electron chi connectivity index (χ0n) is 15.2. The van der Waals surface area contributed by atoms with E-state index in [1.165, 1.54) is 4.90 Å². The molecule has 138 valence electrons. The number of guanidine groups is 1. The highest BCUT2D eigenvalue weighted by atomic mass is 35.5. The highest BCUT2D eigenvalue weighted by Crippen LogP contribution is 2.13. The van der Waals surface area contributed by atoms with Crippen LogP contribution in [0.25, 0.3) is 0 Å². The molecule has 0 aliphatic carbocycles. The molecule has 1 amide bonds. The Morgan fingerprint density at radius 2 is 2.20 bits per heavy atom. The summed E-state index contributed by atoms with van der Waals surface area (Å²) in [6, 6.07) is 7.73. The van der Waals surface area contributed by atoms with E-state index >= 15 is 0 Å². The average Bonchev–Trinajstić information content (AvgIpc) is 3.07. The Balaban J connectivity index is 2.02. The van der Waals surface area contributed by atoms with Gasteiger partial charge in [0.15, 0.2) is 5.96 Å². The van der Waals surface area contributed by atoms with Crippen LogP contribution in [0.2, 0.25) is 5.02 Å². The van der Waals surface area contributed by atoms with E-state index in [4.69, 9.17) is 16.3 Å². The molecule has 1 N–H and O–H groups in total. The Morgan fingerprint density at radius 1 is 1.40 bits per heavy atom. The number of aliphatic imine (C=N–C) groups is 1. The normalized spacial score (nSPS) is 17.4. The smallest absolute Gasteiger partial charge is 0.243 e. The van der Waals surface area contributed by atoms with E-state index in [2.05, 4.69) is 10.3 Å². The summed E-state index contributed by atoms with van der Waals surface area (Å²) < 4.78 is 5.65. The molecular weight excluding hydrogens is 340 g/mol. The summed E-state index contributed by atoms with van der Waals surface area (Å²) in [6.45, 7) is 2.26. The molecule has 1 unspecified atom stereocenters. The quantitative estimate of drug-likeness (QED) is 0.618. The van der Waals surface area contributed by atoms with Crippen molar-refractivity contribution in [2.45, 2.75) is 25.5 Å². The third-order valence-electron chi connectivity index (χ3n) is 4.05. The molecule has 1 fully saturated rings. The van der Waals surface area contributed by atoms with Gasteiger partial charge in [-0.05, 0) is 30.5 Å². The van der Waals surface area contributed by atoms with Gasteiger partial charge >= 0.3 is 0 Å². The number of ether oxygens (including phenoxy) is 1. The molecule has 1 aromatic carbocycles. The second kappa shape index (κ2) is 9.63. The fourth-order valence-electron chi connectivity index (χ4n) is 2.59. The maximum atomic E-state index is 11.9. The molecular formula is C18H27ClN4O2. The van der Waals surface area contributed by atoms with Crippen LogP contribution in [-0.2, 0) is 16.1 Å². The number of likely N-dealkylation sites (N-methyl/N-ethyl adjacent to an activating group) is 1. The van der Waals surface area contributed by atoms with Gasteiger partial charge in [0.2, 0.25) is 5.91 Å². The van der Waals surface area contributed by atoms with Crippen molar-refractivity contribution in [1.29, 1.82) is 0 Å². The molecule has 1 atom stereocenters. The monoisotopic (exact) mass is 366 g/mol. The number of amides is 1. The molecule has 0 aromatic heterocycles. The van der Waals surface area contributed by atoms with Gasteiger partial charge in [-0.3, -0.25) is 4.79 Å². The largest absolute Gasteiger partial charge is 0.376 e. The predicted octanol–water partition coefficient (Wildman–Crippen LogP) is 1.98. The SMILES string of the molecule is CN(C)C(=O)CN=C(NCC1CCCO1)N(C)Cc1cccc(Cl)c1. The van der Waals surface area contributed by atoms with Gasteiger partial charge in [0, 0.05) is 45.9 Å². The summed E-state index contributed by atoms with van der Waals surface area (Å²) >= 11 is 6.06. The summed E-state index contributed by atoms with van der Waals surface area (Å²) in [4.78, 5) is 19.9. The summed E-state index contributed by atoms with van der Waals surface area (Å²) in [5.74, 6) is 0.651. The molecule has 1 aliphatic heterocycles. The average molecular weight is 367 g/mol. The lowest BCUT2D eigenvalue weighted by Gasteiger charge is -2.24. The van der Waals surface area contributed by atoms with Gasteiger partial charge in [-0.2, -0.15) is 0 Å². The number of halogens is 1. The standard InChI is InChI=1S/C18H27ClN4O2/c1-22(2)17(24)12-21-18(20-11-16-8-5-9-25-16)23(3)13-14-6-4-7-15(19)10-14/h4,6-7,10,16H,5,8-9,11-13H2,1-3H3,(H,20,21). The van der Waals surface area contributed by atoms with Gasteiger partial charge in [0.25, 0.3) is 0 Å². The molecule has 7 heteroatoms. The van der Waals surface area contributed by atoms with Crippen molar-refractivity contribution < 1.29 is 9.53 Å². The minimum Gasteiger partial charge on any atom is -0.376 e. The van der Waals surface area contributed by atoms with Gasteiger partial charge in [-0.1, -0.05) is 23.7 Å². The molecule has 0 radical (unpaired) electrons. The summed E-state index contributed by atoms with van der Waals surface area (Å²) in [6.07, 6.45) is 2.35. The lowest BCUT2D eigenvalue weighted by atomic mass is 10.2. The first-order chi connectivity index (χ1) is 12.0. The molecule has 1 saturated heterocycles. The maximum absolute atomic E-state index is 11.9. The fraction of sp³-hybridized carbons (Fsp3) is 0.556. The molecule has 1 aromatic rings. The van der Waals surface area contributed by atoms with Crippen LogP contribution in [0.15, 0.2) is 29.3 Å². The zero-order chi connectivity index (χ0) is 18.2. The van der Waals surface area contributed by atoms with Crippen molar-refractivity contribution in [3.8, 4) is 0 Å². The number of hydrogen-bond acceptors (Lipinski definition) is 3. The minimum absolute atomic E-state index is 0.0347. The highest BCUT2D eigenvalue weighted by Gasteiger charge is 2.17. The summed E-state index contributed by atoms with van der Waals surface area (Å²) in [5.41, 5.74) is 1.08. The number of benzene rings is 1. The summed E-state index contributed by atoms with van der Waals surface area (Å²) in [7, 11) is 5.41. The number of nitrogens with zero attached hydrogens (tertiary/aromatic N) is 3. The van der Waals surface area contributed by atoms with E-state index in [1.54, 1.807) is 14.1 Å². The fourth-order valence-corrected chi connectivity index (χ4v) is 2.80. The lowest BCUT2D eigenvalue weighted by molar-refractivity contribution is -0.127. The molecule has 1 aliphatic rings. The Bertz CT molecular complexity index is 600. The number of carbonyl (C=O) groups excluding carboxylic acids is 1. The van der Waals surface area contributed by atoms with E-state index in [0.29, 0.717) is 24.1 Å². The third kappa shape index (κ3) is 6.55. The second-order valence-electron chi connectivity index (χ2n) is 6.43. The first-order valence-corrected chi connectivity index (χ1v) is 8.89. The van der Waals surface area contributed by atoms with Crippen LogP contribution in [0.5, 0.6) is 0 Å². The lowest BCUT2D eigenvalue weighted by Crippen LogP contribution is -2.42. The van der Waals surface area contributed by atoms with Crippen LogP contribution in [0.3, 0.4) is 0 Å². The van der Waals surface area contributed by atoms with Crippen LogP contribution >= 0.6 is 11.6 Å². The Kier molecular flexibility index (Phi) is 7.52. The van der Waals surface area contributed by atoms with Crippen molar-refractivity contribution in [1.82, 2.24) is 15.1 Å². The molecule has 0 spiro atoms. The van der Waals surface area contributed by atoms with Crippen LogP contribution in [0.1, 0.15) is 18.4 Å². The molecule has 1 heterocycles. The van der Waals surface area contributed by atoms with E-state index in [1.807, 2.05) is 36.2 Å². The number of hydrogen-bond donors (Lipinski definition) is 1. The molecule has 25 heavy (non-hydrogen) atoms.